The number of morpholine rings is 1. The number of halogens is 1. The van der Waals surface area contributed by atoms with Crippen molar-refractivity contribution < 1.29 is 23.5 Å². The Balaban J connectivity index is 1.33. The maximum atomic E-state index is 12.9. The van der Waals surface area contributed by atoms with Crippen LogP contribution in [0.4, 0.5) is 10.1 Å². The van der Waals surface area contributed by atoms with Gasteiger partial charge in [-0.1, -0.05) is 18.2 Å². The Morgan fingerprint density at radius 3 is 2.45 bits per heavy atom. The lowest BCUT2D eigenvalue weighted by molar-refractivity contribution is -0.151. The first-order valence-electron chi connectivity index (χ1n) is 9.70. The lowest BCUT2D eigenvalue weighted by atomic mass is 9.89. The highest BCUT2D eigenvalue weighted by Crippen LogP contribution is 2.32. The molecule has 2 saturated heterocycles. The van der Waals surface area contributed by atoms with Crippen LogP contribution in [0.5, 0.6) is 5.75 Å². The molecule has 1 spiro atoms. The van der Waals surface area contributed by atoms with E-state index >= 15 is 0 Å². The second-order valence-corrected chi connectivity index (χ2v) is 7.41. The number of nitrogens with zero attached hydrogens (tertiary/aromatic N) is 2. The van der Waals surface area contributed by atoms with E-state index in [9.17, 15) is 14.0 Å². The van der Waals surface area contributed by atoms with E-state index in [0.717, 1.165) is 5.69 Å². The van der Waals surface area contributed by atoms with Crippen LogP contribution >= 0.6 is 0 Å². The molecule has 6 nitrogen and oxygen atoms in total. The van der Waals surface area contributed by atoms with E-state index in [4.69, 9.17) is 9.47 Å². The fourth-order valence-corrected chi connectivity index (χ4v) is 3.79. The highest BCUT2D eigenvalue weighted by molar-refractivity contribution is 5.95. The van der Waals surface area contributed by atoms with E-state index in [1.54, 1.807) is 9.80 Å². The minimum atomic E-state index is -0.432. The van der Waals surface area contributed by atoms with Crippen molar-refractivity contribution in [3.63, 3.8) is 0 Å². The van der Waals surface area contributed by atoms with E-state index < -0.39 is 5.60 Å². The third-order valence-corrected chi connectivity index (χ3v) is 5.52. The smallest absolute Gasteiger partial charge is 0.260 e. The molecule has 0 aromatic heterocycles. The summed E-state index contributed by atoms with van der Waals surface area (Å²) < 4.78 is 24.3. The summed E-state index contributed by atoms with van der Waals surface area (Å²) in [4.78, 5) is 28.3. The number of amides is 2. The van der Waals surface area contributed by atoms with Gasteiger partial charge in [0.25, 0.3) is 11.8 Å². The summed E-state index contributed by atoms with van der Waals surface area (Å²) in [7, 11) is 0. The number of benzene rings is 2. The predicted molar refractivity (Wildman–Crippen MR) is 105 cm³/mol. The first-order valence-corrected chi connectivity index (χ1v) is 9.70. The number of ether oxygens (including phenoxy) is 2. The number of para-hydroxylation sites is 1. The van der Waals surface area contributed by atoms with Gasteiger partial charge in [-0.2, -0.15) is 0 Å². The number of hydrogen-bond donors (Lipinski definition) is 0. The molecule has 2 heterocycles. The van der Waals surface area contributed by atoms with Crippen molar-refractivity contribution >= 4 is 17.5 Å². The van der Waals surface area contributed by atoms with E-state index in [-0.39, 0.29) is 30.8 Å². The molecule has 0 bridgehead atoms. The van der Waals surface area contributed by atoms with Gasteiger partial charge in [0.05, 0.1) is 12.1 Å². The second-order valence-electron chi connectivity index (χ2n) is 7.41. The maximum Gasteiger partial charge on any atom is 0.260 e. The Morgan fingerprint density at radius 2 is 1.76 bits per heavy atom. The fourth-order valence-electron chi connectivity index (χ4n) is 3.79. The molecule has 2 aliphatic rings. The van der Waals surface area contributed by atoms with Crippen molar-refractivity contribution in [1.82, 2.24) is 4.90 Å². The van der Waals surface area contributed by atoms with Crippen molar-refractivity contribution in [3.05, 3.63) is 60.4 Å². The normalized spacial score (nSPS) is 18.7. The molecule has 2 aromatic carbocycles. The maximum absolute atomic E-state index is 12.9. The molecule has 0 radical (unpaired) electrons. The van der Waals surface area contributed by atoms with Crippen LogP contribution in [0.15, 0.2) is 54.6 Å². The van der Waals surface area contributed by atoms with Crippen LogP contribution in [0.25, 0.3) is 0 Å². The molecule has 2 amide bonds. The van der Waals surface area contributed by atoms with Gasteiger partial charge in [0, 0.05) is 18.8 Å². The molecule has 7 heteroatoms. The Kier molecular flexibility index (Phi) is 5.49. The topological polar surface area (TPSA) is 59.1 Å². The molecule has 2 aromatic rings. The summed E-state index contributed by atoms with van der Waals surface area (Å²) in [6.45, 7) is 1.54. The molecule has 0 unspecified atom stereocenters. The van der Waals surface area contributed by atoms with Gasteiger partial charge in [-0.3, -0.25) is 9.59 Å². The zero-order valence-electron chi connectivity index (χ0n) is 16.1. The minimum absolute atomic E-state index is 0.0481. The van der Waals surface area contributed by atoms with Crippen molar-refractivity contribution in [3.8, 4) is 5.75 Å². The number of carbonyl (C=O) groups is 2. The van der Waals surface area contributed by atoms with E-state index in [2.05, 4.69) is 0 Å². The summed E-state index contributed by atoms with van der Waals surface area (Å²) >= 11 is 0. The molecule has 0 aliphatic carbocycles. The average Bonchev–Trinajstić information content (AvgIpc) is 2.76. The molecular weight excluding hydrogens is 375 g/mol. The van der Waals surface area contributed by atoms with Gasteiger partial charge in [0.2, 0.25) is 0 Å². The van der Waals surface area contributed by atoms with Crippen LogP contribution in [-0.2, 0) is 14.3 Å². The lowest BCUT2D eigenvalue weighted by Crippen LogP contribution is -2.59. The van der Waals surface area contributed by atoms with Gasteiger partial charge in [0.15, 0.2) is 6.61 Å². The number of likely N-dealkylation sites (tertiary alicyclic amines) is 1. The molecule has 0 saturated carbocycles. The van der Waals surface area contributed by atoms with Gasteiger partial charge < -0.3 is 19.3 Å². The molecule has 2 fully saturated rings. The number of carbonyl (C=O) groups excluding carboxylic acids is 2. The standard InChI is InChI=1S/C22H23FN2O4/c23-17-6-8-19(9-7-17)28-14-20(26)24-12-10-22(11-13-24)16-25(21(27)15-29-22)18-4-2-1-3-5-18/h1-9H,10-16H2. The molecule has 0 N–H and O–H groups in total. The summed E-state index contributed by atoms with van der Waals surface area (Å²) in [6, 6.07) is 15.2. The van der Waals surface area contributed by atoms with E-state index in [1.165, 1.54) is 24.3 Å². The SMILES string of the molecule is O=C(COc1ccc(F)cc1)N1CCC2(CC1)CN(c1ccccc1)C(=O)CO2. The molecule has 29 heavy (non-hydrogen) atoms. The highest BCUT2D eigenvalue weighted by atomic mass is 19.1. The Bertz CT molecular complexity index is 864. The predicted octanol–water partition coefficient (Wildman–Crippen LogP) is 2.63. The summed E-state index contributed by atoms with van der Waals surface area (Å²) in [5, 5.41) is 0. The Labute approximate surface area is 168 Å². The average molecular weight is 398 g/mol. The third-order valence-electron chi connectivity index (χ3n) is 5.52. The quantitative estimate of drug-likeness (QED) is 0.795. The molecule has 4 rings (SSSR count). The van der Waals surface area contributed by atoms with Crippen LogP contribution in [0, 0.1) is 5.82 Å². The second kappa shape index (κ2) is 8.21. The van der Waals surface area contributed by atoms with Crippen molar-refractivity contribution in [1.29, 1.82) is 0 Å². The largest absolute Gasteiger partial charge is 0.484 e. The van der Waals surface area contributed by atoms with Gasteiger partial charge >= 0.3 is 0 Å². The van der Waals surface area contributed by atoms with E-state index in [0.29, 0.717) is 38.2 Å². The third kappa shape index (κ3) is 4.40. The van der Waals surface area contributed by atoms with Gasteiger partial charge in [-0.25, -0.2) is 4.39 Å². The molecular formula is C22H23FN2O4. The van der Waals surface area contributed by atoms with Crippen LogP contribution in [0.1, 0.15) is 12.8 Å². The van der Waals surface area contributed by atoms with Crippen LogP contribution in [0.3, 0.4) is 0 Å². The van der Waals surface area contributed by atoms with Gasteiger partial charge in [0.1, 0.15) is 18.2 Å². The Morgan fingerprint density at radius 1 is 1.07 bits per heavy atom. The molecule has 0 atom stereocenters. The van der Waals surface area contributed by atoms with Crippen LogP contribution in [0.2, 0.25) is 0 Å². The van der Waals surface area contributed by atoms with Crippen LogP contribution < -0.4 is 9.64 Å². The number of anilines is 1. The summed E-state index contributed by atoms with van der Waals surface area (Å²) in [6.07, 6.45) is 1.32. The minimum Gasteiger partial charge on any atom is -0.484 e. The van der Waals surface area contributed by atoms with Crippen molar-refractivity contribution in [2.75, 3.05) is 37.7 Å². The van der Waals surface area contributed by atoms with Crippen molar-refractivity contribution in [2.45, 2.75) is 18.4 Å². The monoisotopic (exact) mass is 398 g/mol. The summed E-state index contributed by atoms with van der Waals surface area (Å²) in [5.74, 6) is -0.0506. The zero-order valence-corrected chi connectivity index (χ0v) is 16.1. The fraction of sp³-hybridized carbons (Fsp3) is 0.364. The van der Waals surface area contributed by atoms with Gasteiger partial charge in [-0.15, -0.1) is 0 Å². The Hall–Kier alpha value is -2.93. The first-order chi connectivity index (χ1) is 14.0. The lowest BCUT2D eigenvalue weighted by Gasteiger charge is -2.46. The molecule has 2 aliphatic heterocycles. The number of piperidine rings is 1. The number of rotatable bonds is 4. The first kappa shape index (κ1) is 19.4. The molecule has 152 valence electrons. The van der Waals surface area contributed by atoms with Gasteiger partial charge in [-0.05, 0) is 49.2 Å². The van der Waals surface area contributed by atoms with Crippen molar-refractivity contribution in [2.24, 2.45) is 0 Å². The zero-order chi connectivity index (χ0) is 20.3. The van der Waals surface area contributed by atoms with E-state index in [1.807, 2.05) is 30.3 Å². The highest BCUT2D eigenvalue weighted by Gasteiger charge is 2.43. The number of hydrogen-bond acceptors (Lipinski definition) is 4. The summed E-state index contributed by atoms with van der Waals surface area (Å²) in [5.41, 5.74) is 0.435. The van der Waals surface area contributed by atoms with Crippen LogP contribution in [-0.4, -0.2) is 55.2 Å².